The van der Waals surface area contributed by atoms with E-state index in [1.807, 2.05) is 4.90 Å². The van der Waals surface area contributed by atoms with Crippen LogP contribution in [0.3, 0.4) is 0 Å². The highest BCUT2D eigenvalue weighted by Crippen LogP contribution is 2.09. The lowest BCUT2D eigenvalue weighted by Crippen LogP contribution is -2.71. The molecule has 21 heavy (non-hydrogen) atoms. The van der Waals surface area contributed by atoms with Gasteiger partial charge in [0.1, 0.15) is 0 Å². The molecule has 4 N–H and O–H groups in total. The second-order valence-electron chi connectivity index (χ2n) is 5.89. The summed E-state index contributed by atoms with van der Waals surface area (Å²) in [6.45, 7) is 9.41. The molecular weight excluding hydrogens is 268 g/mol. The van der Waals surface area contributed by atoms with Crippen LogP contribution in [0.15, 0.2) is 0 Å². The number of rotatable bonds is 6. The lowest BCUT2D eigenvalue weighted by molar-refractivity contribution is -0.417. The first-order chi connectivity index (χ1) is 10.0. The fourth-order valence-corrected chi connectivity index (χ4v) is 2.38. The number of quaternary nitrogens is 1. The molecule has 0 saturated carbocycles. The Balaban J connectivity index is 2.37. The van der Waals surface area contributed by atoms with Crippen LogP contribution in [0.5, 0.6) is 0 Å². The molecule has 1 rings (SSSR count). The van der Waals surface area contributed by atoms with Crippen molar-refractivity contribution in [3.8, 4) is 0 Å². The summed E-state index contributed by atoms with van der Waals surface area (Å²) in [7, 11) is 0. The Hall–Kier alpha value is -1.30. The summed E-state index contributed by atoms with van der Waals surface area (Å²) in [5, 5.41) is 2.92. The summed E-state index contributed by atoms with van der Waals surface area (Å²) >= 11 is 0. The molecule has 0 spiro atoms. The normalized spacial score (nSPS) is 18.3. The van der Waals surface area contributed by atoms with E-state index in [0.717, 1.165) is 25.8 Å². The molecule has 1 fully saturated rings. The predicted molar refractivity (Wildman–Crippen MR) is 82.6 cm³/mol. The lowest BCUT2D eigenvalue weighted by atomic mass is 9.98. The standard InChI is InChI=1S/C15H30N4O2/c1-4-6-7-17-15(21)19-10-8-18(9-11-19)14(20)13(16)12(3)5-2/h12-13H,4-11,16H2,1-3H3,(H,17,21)/p+1/t12-,13+/m1/s1. The van der Waals surface area contributed by atoms with Crippen LogP contribution in [0.4, 0.5) is 4.79 Å². The molecule has 1 saturated heterocycles. The Morgan fingerprint density at radius 3 is 2.24 bits per heavy atom. The van der Waals surface area contributed by atoms with Crippen LogP contribution in [0.25, 0.3) is 0 Å². The van der Waals surface area contributed by atoms with E-state index in [-0.39, 0.29) is 18.0 Å². The third kappa shape index (κ3) is 5.19. The van der Waals surface area contributed by atoms with Gasteiger partial charge < -0.3 is 20.9 Å². The molecule has 2 atom stereocenters. The van der Waals surface area contributed by atoms with Gasteiger partial charge in [-0.2, -0.15) is 0 Å². The molecule has 0 unspecified atom stereocenters. The van der Waals surface area contributed by atoms with Crippen LogP contribution in [-0.4, -0.2) is 60.5 Å². The number of hydrogen-bond donors (Lipinski definition) is 2. The quantitative estimate of drug-likeness (QED) is 0.692. The van der Waals surface area contributed by atoms with Crippen molar-refractivity contribution in [3.63, 3.8) is 0 Å². The van der Waals surface area contributed by atoms with Crippen LogP contribution in [0.2, 0.25) is 0 Å². The van der Waals surface area contributed by atoms with E-state index < -0.39 is 0 Å². The summed E-state index contributed by atoms with van der Waals surface area (Å²) in [6.07, 6.45) is 3.03. The van der Waals surface area contributed by atoms with Gasteiger partial charge in [0.25, 0.3) is 5.91 Å². The van der Waals surface area contributed by atoms with Crippen LogP contribution in [0.1, 0.15) is 40.0 Å². The number of carbonyl (C=O) groups excluding carboxylic acids is 2. The molecule has 0 aromatic heterocycles. The molecule has 1 aliphatic rings. The molecule has 0 bridgehead atoms. The number of piperazine rings is 1. The zero-order chi connectivity index (χ0) is 15.8. The van der Waals surface area contributed by atoms with Crippen LogP contribution < -0.4 is 11.1 Å². The van der Waals surface area contributed by atoms with Crippen molar-refractivity contribution in [2.75, 3.05) is 32.7 Å². The van der Waals surface area contributed by atoms with Crippen molar-refractivity contribution >= 4 is 11.9 Å². The van der Waals surface area contributed by atoms with Gasteiger partial charge in [-0.1, -0.05) is 27.2 Å². The maximum absolute atomic E-state index is 12.3. The summed E-state index contributed by atoms with van der Waals surface area (Å²) in [6, 6.07) is -0.191. The van der Waals surface area contributed by atoms with Crippen molar-refractivity contribution in [3.05, 3.63) is 0 Å². The minimum absolute atomic E-state index is 0.0105. The molecular formula is C15H31N4O2+. The summed E-state index contributed by atoms with van der Waals surface area (Å²) < 4.78 is 0. The van der Waals surface area contributed by atoms with E-state index in [9.17, 15) is 9.59 Å². The van der Waals surface area contributed by atoms with Crippen molar-refractivity contribution < 1.29 is 15.3 Å². The Morgan fingerprint density at radius 1 is 1.14 bits per heavy atom. The smallest absolute Gasteiger partial charge is 0.317 e. The Labute approximate surface area is 128 Å². The first-order valence-electron chi connectivity index (χ1n) is 8.15. The lowest BCUT2D eigenvalue weighted by Gasteiger charge is -2.35. The van der Waals surface area contributed by atoms with E-state index in [1.54, 1.807) is 4.90 Å². The van der Waals surface area contributed by atoms with E-state index in [4.69, 9.17) is 0 Å². The number of nitrogens with one attached hydrogen (secondary N) is 1. The van der Waals surface area contributed by atoms with Gasteiger partial charge in [0, 0.05) is 38.6 Å². The number of nitrogens with zero attached hydrogens (tertiary/aromatic N) is 2. The largest absolute Gasteiger partial charge is 0.347 e. The predicted octanol–water partition coefficient (Wildman–Crippen LogP) is 0.297. The maximum Gasteiger partial charge on any atom is 0.317 e. The molecule has 1 aliphatic heterocycles. The van der Waals surface area contributed by atoms with E-state index in [0.29, 0.717) is 32.1 Å². The van der Waals surface area contributed by atoms with Gasteiger partial charge >= 0.3 is 6.03 Å². The topological polar surface area (TPSA) is 80.3 Å². The second kappa shape index (κ2) is 8.87. The van der Waals surface area contributed by atoms with Gasteiger partial charge in [-0.3, -0.25) is 4.79 Å². The number of hydrogen-bond acceptors (Lipinski definition) is 2. The Morgan fingerprint density at radius 2 is 1.71 bits per heavy atom. The van der Waals surface area contributed by atoms with Crippen molar-refractivity contribution in [1.29, 1.82) is 0 Å². The molecule has 0 aliphatic carbocycles. The summed E-state index contributed by atoms with van der Waals surface area (Å²) in [5.41, 5.74) is 4.00. The third-order valence-electron chi connectivity index (χ3n) is 4.33. The molecule has 3 amide bonds. The monoisotopic (exact) mass is 299 g/mol. The molecule has 6 heteroatoms. The number of carbonyl (C=O) groups is 2. The summed E-state index contributed by atoms with van der Waals surface area (Å²) in [5.74, 6) is 0.420. The minimum Gasteiger partial charge on any atom is -0.347 e. The summed E-state index contributed by atoms with van der Waals surface area (Å²) in [4.78, 5) is 27.9. The number of amides is 3. The highest BCUT2D eigenvalue weighted by atomic mass is 16.2. The average molecular weight is 299 g/mol. The van der Waals surface area contributed by atoms with Crippen LogP contribution >= 0.6 is 0 Å². The van der Waals surface area contributed by atoms with E-state index in [2.05, 4.69) is 31.8 Å². The molecule has 0 aromatic rings. The van der Waals surface area contributed by atoms with Crippen LogP contribution in [0, 0.1) is 5.92 Å². The maximum atomic E-state index is 12.3. The highest BCUT2D eigenvalue weighted by molar-refractivity contribution is 5.81. The van der Waals surface area contributed by atoms with E-state index in [1.165, 1.54) is 0 Å². The van der Waals surface area contributed by atoms with Crippen LogP contribution in [-0.2, 0) is 4.79 Å². The van der Waals surface area contributed by atoms with Gasteiger partial charge in [0.05, 0.1) is 0 Å². The van der Waals surface area contributed by atoms with Gasteiger partial charge in [0.2, 0.25) is 0 Å². The minimum atomic E-state index is -0.181. The average Bonchev–Trinajstić information content (AvgIpc) is 2.52. The van der Waals surface area contributed by atoms with Gasteiger partial charge in [0.15, 0.2) is 6.04 Å². The van der Waals surface area contributed by atoms with Crippen molar-refractivity contribution in [2.24, 2.45) is 5.92 Å². The van der Waals surface area contributed by atoms with Gasteiger partial charge in [-0.25, -0.2) is 4.79 Å². The fraction of sp³-hybridized carbons (Fsp3) is 0.867. The van der Waals surface area contributed by atoms with Crippen molar-refractivity contribution in [2.45, 2.75) is 46.1 Å². The molecule has 122 valence electrons. The highest BCUT2D eigenvalue weighted by Gasteiger charge is 2.31. The number of urea groups is 1. The molecule has 6 nitrogen and oxygen atoms in total. The second-order valence-corrected chi connectivity index (χ2v) is 5.89. The fourth-order valence-electron chi connectivity index (χ4n) is 2.38. The zero-order valence-corrected chi connectivity index (χ0v) is 13.7. The first kappa shape index (κ1) is 17.8. The Bertz CT molecular complexity index is 341. The molecule has 0 radical (unpaired) electrons. The van der Waals surface area contributed by atoms with Crippen molar-refractivity contribution in [1.82, 2.24) is 15.1 Å². The Kier molecular flexibility index (Phi) is 7.50. The molecule has 0 aromatic carbocycles. The van der Waals surface area contributed by atoms with Gasteiger partial charge in [-0.15, -0.1) is 0 Å². The zero-order valence-electron chi connectivity index (χ0n) is 13.7. The first-order valence-corrected chi connectivity index (χ1v) is 8.15. The number of unbranched alkanes of at least 4 members (excludes halogenated alkanes) is 1. The van der Waals surface area contributed by atoms with Gasteiger partial charge in [-0.05, 0) is 12.8 Å². The van der Waals surface area contributed by atoms with E-state index >= 15 is 0 Å². The third-order valence-corrected chi connectivity index (χ3v) is 4.33. The SMILES string of the molecule is CCCCNC(=O)N1CCN(C(=O)[C@@H]([NH3+])[C@H](C)CC)CC1. The molecule has 1 heterocycles.